The molecule has 0 fully saturated rings. The third-order valence-electron chi connectivity index (χ3n) is 3.71. The monoisotopic (exact) mass is 342 g/mol. The van der Waals surface area contributed by atoms with Crippen molar-refractivity contribution in [3.8, 4) is 5.75 Å². The molecule has 0 spiro atoms. The fraction of sp³-hybridized carbons (Fsp3) is 0.167. The molecule has 0 radical (unpaired) electrons. The van der Waals surface area contributed by atoms with E-state index < -0.39 is 0 Å². The number of carbonyl (C=O) groups is 1. The summed E-state index contributed by atoms with van der Waals surface area (Å²) in [6, 6.07) is 13.9. The molecule has 0 saturated carbocycles. The summed E-state index contributed by atoms with van der Waals surface area (Å²) in [5.74, 6) is 1.04. The molecule has 0 aromatic heterocycles. The maximum Gasteiger partial charge on any atom is 0.163 e. The quantitative estimate of drug-likeness (QED) is 0.750. The number of rotatable bonds is 2. The van der Waals surface area contributed by atoms with Crippen LogP contribution in [0.2, 0.25) is 0 Å². The Kier molecular flexibility index (Phi) is 3.93. The first-order valence-corrected chi connectivity index (χ1v) is 7.64. The number of Topliss-reactive ketones (excluding diaryl/α,β-unsaturated/α-hetero) is 1. The lowest BCUT2D eigenvalue weighted by Gasteiger charge is -2.19. The zero-order chi connectivity index (χ0) is 14.8. The van der Waals surface area contributed by atoms with E-state index >= 15 is 0 Å². The Morgan fingerprint density at radius 3 is 2.57 bits per heavy atom. The third kappa shape index (κ3) is 2.93. The van der Waals surface area contributed by atoms with E-state index in [2.05, 4.69) is 15.9 Å². The third-order valence-corrected chi connectivity index (χ3v) is 4.23. The molecule has 0 saturated heterocycles. The van der Waals surface area contributed by atoms with E-state index in [1.54, 1.807) is 7.11 Å². The summed E-state index contributed by atoms with van der Waals surface area (Å²) in [4.78, 5) is 12.3. The molecule has 0 aliphatic heterocycles. The number of benzene rings is 2. The fourth-order valence-electron chi connectivity index (χ4n) is 2.58. The van der Waals surface area contributed by atoms with Crippen molar-refractivity contribution >= 4 is 33.4 Å². The molecule has 3 rings (SSSR count). The number of carbonyl (C=O) groups excluding carboxylic acids is 1. The molecule has 0 amide bonds. The van der Waals surface area contributed by atoms with Crippen molar-refractivity contribution in [3.05, 3.63) is 63.6 Å². The Hall–Kier alpha value is -1.87. The van der Waals surface area contributed by atoms with Gasteiger partial charge in [-0.3, -0.25) is 4.79 Å². The minimum Gasteiger partial charge on any atom is -0.497 e. The summed E-state index contributed by atoms with van der Waals surface area (Å²) in [5, 5.41) is 0. The molecule has 0 N–H and O–H groups in total. The van der Waals surface area contributed by atoms with E-state index in [1.165, 1.54) is 5.56 Å². The topological polar surface area (TPSA) is 26.3 Å². The molecule has 21 heavy (non-hydrogen) atoms. The summed E-state index contributed by atoms with van der Waals surface area (Å²) < 4.78 is 6.30. The van der Waals surface area contributed by atoms with Crippen molar-refractivity contribution in [2.75, 3.05) is 7.11 Å². The summed E-state index contributed by atoms with van der Waals surface area (Å²) in [7, 11) is 1.66. The van der Waals surface area contributed by atoms with Crippen LogP contribution in [0.3, 0.4) is 0 Å². The summed E-state index contributed by atoms with van der Waals surface area (Å²) in [5.41, 5.74) is 4.03. The first-order chi connectivity index (χ1) is 10.2. The van der Waals surface area contributed by atoms with Crippen LogP contribution in [0.4, 0.5) is 0 Å². The Labute approximate surface area is 132 Å². The smallest absolute Gasteiger partial charge is 0.163 e. The molecule has 2 aromatic rings. The van der Waals surface area contributed by atoms with Crippen LogP contribution in [0.5, 0.6) is 5.75 Å². The Morgan fingerprint density at radius 1 is 1.10 bits per heavy atom. The van der Waals surface area contributed by atoms with E-state index in [0.29, 0.717) is 6.42 Å². The molecule has 0 heterocycles. The van der Waals surface area contributed by atoms with Gasteiger partial charge in [0, 0.05) is 16.5 Å². The standard InChI is InChI=1S/C18H15BrO2/c1-21-15-7-8-16-13(11-15)4-9-18(20)17(16)10-12-2-5-14(19)6-3-12/h2-3,5-8,10-11H,4,9H2,1H3/b17-10+. The van der Waals surface area contributed by atoms with Crippen LogP contribution in [0.15, 0.2) is 46.9 Å². The molecule has 1 aliphatic rings. The normalized spacial score (nSPS) is 15.9. The highest BCUT2D eigenvalue weighted by Gasteiger charge is 2.21. The first-order valence-electron chi connectivity index (χ1n) is 6.85. The number of fused-ring (bicyclic) bond motifs is 1. The van der Waals surface area contributed by atoms with E-state index in [4.69, 9.17) is 4.74 Å². The van der Waals surface area contributed by atoms with Crippen LogP contribution < -0.4 is 4.74 Å². The summed E-state index contributed by atoms with van der Waals surface area (Å²) in [6.45, 7) is 0. The highest BCUT2D eigenvalue weighted by Crippen LogP contribution is 2.32. The number of methoxy groups -OCH3 is 1. The van der Waals surface area contributed by atoms with Gasteiger partial charge in [-0.25, -0.2) is 0 Å². The molecule has 3 heteroatoms. The second-order valence-corrected chi connectivity index (χ2v) is 5.97. The molecular weight excluding hydrogens is 328 g/mol. The zero-order valence-electron chi connectivity index (χ0n) is 11.7. The van der Waals surface area contributed by atoms with Gasteiger partial charge in [0.05, 0.1) is 7.11 Å². The van der Waals surface area contributed by atoms with Gasteiger partial charge in [-0.1, -0.05) is 34.1 Å². The zero-order valence-corrected chi connectivity index (χ0v) is 13.3. The predicted molar refractivity (Wildman–Crippen MR) is 88.3 cm³/mol. The van der Waals surface area contributed by atoms with Crippen LogP contribution in [0.1, 0.15) is 23.1 Å². The number of aryl methyl sites for hydroxylation is 1. The van der Waals surface area contributed by atoms with Crippen molar-refractivity contribution in [1.82, 2.24) is 0 Å². The van der Waals surface area contributed by atoms with Gasteiger partial charge < -0.3 is 4.74 Å². The van der Waals surface area contributed by atoms with E-state index in [-0.39, 0.29) is 5.78 Å². The lowest BCUT2D eigenvalue weighted by molar-refractivity contribution is -0.113. The Bertz CT molecular complexity index is 714. The number of ether oxygens (including phenoxy) is 1. The van der Waals surface area contributed by atoms with Crippen LogP contribution >= 0.6 is 15.9 Å². The average molecular weight is 343 g/mol. The molecule has 0 unspecified atom stereocenters. The van der Waals surface area contributed by atoms with Crippen LogP contribution in [-0.4, -0.2) is 12.9 Å². The van der Waals surface area contributed by atoms with E-state index in [9.17, 15) is 4.79 Å². The first kappa shape index (κ1) is 14.1. The minimum atomic E-state index is 0.204. The maximum atomic E-state index is 12.3. The molecule has 0 bridgehead atoms. The maximum absolute atomic E-state index is 12.3. The molecule has 2 aromatic carbocycles. The Balaban J connectivity index is 2.06. The lowest BCUT2D eigenvalue weighted by Crippen LogP contribution is -2.12. The highest BCUT2D eigenvalue weighted by molar-refractivity contribution is 9.10. The van der Waals surface area contributed by atoms with Gasteiger partial charge in [-0.2, -0.15) is 0 Å². The van der Waals surface area contributed by atoms with Gasteiger partial charge >= 0.3 is 0 Å². The van der Waals surface area contributed by atoms with Gasteiger partial charge in [0.1, 0.15) is 5.75 Å². The van der Waals surface area contributed by atoms with Gasteiger partial charge in [-0.15, -0.1) is 0 Å². The average Bonchev–Trinajstić information content (AvgIpc) is 2.51. The number of halogens is 1. The van der Waals surface area contributed by atoms with Gasteiger partial charge in [0.25, 0.3) is 0 Å². The lowest BCUT2D eigenvalue weighted by atomic mass is 9.85. The number of hydrogen-bond acceptors (Lipinski definition) is 2. The van der Waals surface area contributed by atoms with Crippen molar-refractivity contribution in [2.45, 2.75) is 12.8 Å². The van der Waals surface area contributed by atoms with E-state index in [0.717, 1.165) is 33.3 Å². The molecule has 2 nitrogen and oxygen atoms in total. The highest BCUT2D eigenvalue weighted by atomic mass is 79.9. The van der Waals surface area contributed by atoms with Gasteiger partial charge in [-0.05, 0) is 53.5 Å². The van der Waals surface area contributed by atoms with Crippen LogP contribution in [0.25, 0.3) is 11.6 Å². The molecule has 106 valence electrons. The van der Waals surface area contributed by atoms with Crippen molar-refractivity contribution in [3.63, 3.8) is 0 Å². The van der Waals surface area contributed by atoms with E-state index in [1.807, 2.05) is 48.5 Å². The van der Waals surface area contributed by atoms with Crippen molar-refractivity contribution in [1.29, 1.82) is 0 Å². The fourth-order valence-corrected chi connectivity index (χ4v) is 2.85. The van der Waals surface area contributed by atoms with Crippen molar-refractivity contribution < 1.29 is 9.53 Å². The largest absolute Gasteiger partial charge is 0.497 e. The van der Waals surface area contributed by atoms with Crippen molar-refractivity contribution in [2.24, 2.45) is 0 Å². The van der Waals surface area contributed by atoms with Crippen LogP contribution in [0, 0.1) is 0 Å². The predicted octanol–water partition coefficient (Wildman–Crippen LogP) is 4.51. The SMILES string of the molecule is COc1ccc2c(c1)CCC(=O)/C2=C/c1ccc(Br)cc1. The summed E-state index contributed by atoms with van der Waals surface area (Å²) >= 11 is 3.42. The minimum absolute atomic E-state index is 0.204. The van der Waals surface area contributed by atoms with Gasteiger partial charge in [0.15, 0.2) is 5.78 Å². The molecule has 1 aliphatic carbocycles. The molecule has 0 atom stereocenters. The number of hydrogen-bond donors (Lipinski definition) is 0. The Morgan fingerprint density at radius 2 is 1.86 bits per heavy atom. The van der Waals surface area contributed by atoms with Crippen LogP contribution in [-0.2, 0) is 11.2 Å². The number of ketones is 1. The van der Waals surface area contributed by atoms with Gasteiger partial charge in [0.2, 0.25) is 0 Å². The second kappa shape index (κ2) is 5.86. The molecular formula is C18H15BrO2. The number of allylic oxidation sites excluding steroid dienone is 1. The second-order valence-electron chi connectivity index (χ2n) is 5.06. The summed E-state index contributed by atoms with van der Waals surface area (Å²) in [6.07, 6.45) is 3.31.